The molecular formula is C15H32. The van der Waals surface area contributed by atoms with Gasteiger partial charge in [0.15, 0.2) is 0 Å². The summed E-state index contributed by atoms with van der Waals surface area (Å²) < 4.78 is 0. The topological polar surface area (TPSA) is 0 Å². The second-order valence-corrected chi connectivity index (χ2v) is 5.80. The maximum absolute atomic E-state index is 2.53. The minimum Gasteiger partial charge on any atom is -0.0654 e. The van der Waals surface area contributed by atoms with Gasteiger partial charge in [0.1, 0.15) is 0 Å². The van der Waals surface area contributed by atoms with E-state index in [1.54, 1.807) is 0 Å². The molecular weight excluding hydrogens is 180 g/mol. The predicted octanol–water partition coefficient (Wildman–Crippen LogP) is 5.52. The van der Waals surface area contributed by atoms with Crippen LogP contribution in [0.1, 0.15) is 74.1 Å². The van der Waals surface area contributed by atoms with Crippen LogP contribution in [0.4, 0.5) is 0 Å². The van der Waals surface area contributed by atoms with Crippen molar-refractivity contribution in [2.75, 3.05) is 0 Å². The highest BCUT2D eigenvalue weighted by Crippen LogP contribution is 2.46. The van der Waals surface area contributed by atoms with Gasteiger partial charge in [-0.15, -0.1) is 0 Å². The van der Waals surface area contributed by atoms with Crippen molar-refractivity contribution in [3.05, 3.63) is 0 Å². The highest BCUT2D eigenvalue weighted by Gasteiger charge is 2.37. The largest absolute Gasteiger partial charge is 0.0654 e. The molecule has 0 bridgehead atoms. The predicted molar refractivity (Wildman–Crippen MR) is 71.1 cm³/mol. The monoisotopic (exact) mass is 212 g/mol. The lowest BCUT2D eigenvalue weighted by atomic mass is 9.61. The Balaban J connectivity index is 4.84. The summed E-state index contributed by atoms with van der Waals surface area (Å²) in [6.45, 7) is 16.8. The van der Waals surface area contributed by atoms with Gasteiger partial charge in [0.2, 0.25) is 0 Å². The third-order valence-electron chi connectivity index (χ3n) is 4.75. The Labute approximate surface area is 97.8 Å². The minimum absolute atomic E-state index is 0.548. The zero-order chi connectivity index (χ0) is 12.1. The molecule has 0 aromatic rings. The average molecular weight is 212 g/mol. The molecule has 0 amide bonds. The van der Waals surface area contributed by atoms with Crippen molar-refractivity contribution >= 4 is 0 Å². The van der Waals surface area contributed by atoms with E-state index in [-0.39, 0.29) is 0 Å². The van der Waals surface area contributed by atoms with Gasteiger partial charge in [-0.05, 0) is 29.6 Å². The highest BCUT2D eigenvalue weighted by atomic mass is 14.4. The van der Waals surface area contributed by atoms with Crippen molar-refractivity contribution in [3.8, 4) is 0 Å². The Kier molecular flexibility index (Phi) is 6.55. The van der Waals surface area contributed by atoms with Crippen molar-refractivity contribution in [1.29, 1.82) is 0 Å². The van der Waals surface area contributed by atoms with Gasteiger partial charge in [0.05, 0.1) is 0 Å². The first-order valence-corrected chi connectivity index (χ1v) is 6.93. The lowest BCUT2D eigenvalue weighted by Gasteiger charge is -2.44. The molecule has 0 fully saturated rings. The van der Waals surface area contributed by atoms with Crippen molar-refractivity contribution < 1.29 is 0 Å². The summed E-state index contributed by atoms with van der Waals surface area (Å²) >= 11 is 0. The zero-order valence-corrected chi connectivity index (χ0v) is 12.1. The molecule has 0 nitrogen and oxygen atoms in total. The quantitative estimate of drug-likeness (QED) is 0.521. The van der Waals surface area contributed by atoms with Crippen LogP contribution >= 0.6 is 0 Å². The van der Waals surface area contributed by atoms with Gasteiger partial charge in [-0.25, -0.2) is 0 Å². The van der Waals surface area contributed by atoms with E-state index in [2.05, 4.69) is 48.5 Å². The van der Waals surface area contributed by atoms with E-state index in [1.165, 1.54) is 25.7 Å². The van der Waals surface area contributed by atoms with E-state index >= 15 is 0 Å². The lowest BCUT2D eigenvalue weighted by molar-refractivity contribution is 0.0536. The summed E-state index contributed by atoms with van der Waals surface area (Å²) in [6.07, 6.45) is 5.39. The molecule has 0 aliphatic rings. The summed E-state index contributed by atoms with van der Waals surface area (Å²) in [5.74, 6) is 2.54. The smallest absolute Gasteiger partial charge is 0.0270 e. The van der Waals surface area contributed by atoms with Gasteiger partial charge < -0.3 is 0 Å². The van der Waals surface area contributed by atoms with E-state index in [1.807, 2.05) is 0 Å². The van der Waals surface area contributed by atoms with Crippen molar-refractivity contribution in [1.82, 2.24) is 0 Å². The summed E-state index contributed by atoms with van der Waals surface area (Å²) in [5, 5.41) is 0. The maximum atomic E-state index is 2.53. The van der Waals surface area contributed by atoms with Gasteiger partial charge in [0, 0.05) is 0 Å². The Bertz CT molecular complexity index is 151. The van der Waals surface area contributed by atoms with Crippen molar-refractivity contribution in [2.45, 2.75) is 74.1 Å². The fourth-order valence-corrected chi connectivity index (χ4v) is 3.33. The minimum atomic E-state index is 0.548. The fraction of sp³-hybridized carbons (Fsp3) is 1.00. The molecule has 0 rings (SSSR count). The fourth-order valence-electron chi connectivity index (χ4n) is 3.33. The normalized spacial score (nSPS) is 18.2. The molecule has 0 saturated heterocycles. The van der Waals surface area contributed by atoms with Crippen molar-refractivity contribution in [2.24, 2.45) is 23.2 Å². The third-order valence-corrected chi connectivity index (χ3v) is 4.75. The molecule has 0 heterocycles. The van der Waals surface area contributed by atoms with Crippen molar-refractivity contribution in [3.63, 3.8) is 0 Å². The van der Waals surface area contributed by atoms with Crippen LogP contribution in [0.5, 0.6) is 0 Å². The van der Waals surface area contributed by atoms with Crippen LogP contribution in [-0.4, -0.2) is 0 Å². The maximum Gasteiger partial charge on any atom is -0.0270 e. The van der Waals surface area contributed by atoms with Crippen LogP contribution in [0.15, 0.2) is 0 Å². The number of hydrogen-bond donors (Lipinski definition) is 0. The third kappa shape index (κ3) is 3.50. The van der Waals surface area contributed by atoms with Crippen LogP contribution in [0.25, 0.3) is 0 Å². The van der Waals surface area contributed by atoms with Gasteiger partial charge >= 0.3 is 0 Å². The first-order valence-electron chi connectivity index (χ1n) is 6.93. The Morgan fingerprint density at radius 1 is 0.933 bits per heavy atom. The van der Waals surface area contributed by atoms with Crippen LogP contribution in [0, 0.1) is 23.2 Å². The summed E-state index contributed by atoms with van der Waals surface area (Å²) in [5.41, 5.74) is 0.548. The summed E-state index contributed by atoms with van der Waals surface area (Å²) in [6, 6.07) is 0. The molecule has 0 aromatic carbocycles. The molecule has 0 aliphatic carbocycles. The van der Waals surface area contributed by atoms with Gasteiger partial charge in [-0.1, -0.05) is 67.7 Å². The highest BCUT2D eigenvalue weighted by molar-refractivity contribution is 4.86. The Hall–Kier alpha value is 0. The zero-order valence-electron chi connectivity index (χ0n) is 12.1. The average Bonchev–Trinajstić information content (AvgIpc) is 2.18. The van der Waals surface area contributed by atoms with E-state index < -0.39 is 0 Å². The van der Waals surface area contributed by atoms with E-state index in [4.69, 9.17) is 0 Å². The molecule has 0 radical (unpaired) electrons. The van der Waals surface area contributed by atoms with Gasteiger partial charge in [-0.2, -0.15) is 0 Å². The lowest BCUT2D eigenvalue weighted by Crippen LogP contribution is -2.36. The van der Waals surface area contributed by atoms with Gasteiger partial charge in [0.25, 0.3) is 0 Å². The van der Waals surface area contributed by atoms with Crippen LogP contribution in [0.2, 0.25) is 0 Å². The van der Waals surface area contributed by atoms with Gasteiger partial charge in [-0.3, -0.25) is 0 Å². The van der Waals surface area contributed by atoms with Crippen LogP contribution in [-0.2, 0) is 0 Å². The number of hydrogen-bond acceptors (Lipinski definition) is 0. The molecule has 0 aromatic heterocycles. The molecule has 0 N–H and O–H groups in total. The Morgan fingerprint density at radius 2 is 1.40 bits per heavy atom. The molecule has 2 unspecified atom stereocenters. The Morgan fingerprint density at radius 3 is 1.67 bits per heavy atom. The SMILES string of the molecule is CCCC(C)(C(CC)CC)C(C)C(C)C. The summed E-state index contributed by atoms with van der Waals surface area (Å²) in [7, 11) is 0. The molecule has 0 saturated carbocycles. The molecule has 15 heavy (non-hydrogen) atoms. The van der Waals surface area contributed by atoms with Crippen LogP contribution in [0.3, 0.4) is 0 Å². The van der Waals surface area contributed by atoms with E-state index in [0.717, 1.165) is 17.8 Å². The van der Waals surface area contributed by atoms with Crippen LogP contribution < -0.4 is 0 Å². The second kappa shape index (κ2) is 6.55. The first-order chi connectivity index (χ1) is 6.93. The molecule has 2 atom stereocenters. The molecule has 92 valence electrons. The second-order valence-electron chi connectivity index (χ2n) is 5.80. The molecule has 0 spiro atoms. The standard InChI is InChI=1S/C15H32/c1-8-11-15(7,13(6)12(4)5)14(9-2)10-3/h12-14H,8-11H2,1-7H3. The number of rotatable bonds is 7. The van der Waals surface area contributed by atoms with E-state index in [0.29, 0.717) is 5.41 Å². The summed E-state index contributed by atoms with van der Waals surface area (Å²) in [4.78, 5) is 0. The first kappa shape index (κ1) is 15.0. The molecule has 0 aliphatic heterocycles. The van der Waals surface area contributed by atoms with E-state index in [9.17, 15) is 0 Å². The molecule has 0 heteroatoms.